The topological polar surface area (TPSA) is 29.5 Å². The normalized spacial score (nSPS) is 10.2. The number of benzene rings is 1. The number of esters is 1. The van der Waals surface area contributed by atoms with E-state index in [1.807, 2.05) is 12.1 Å². The molecule has 0 N–H and O–H groups in total. The molecule has 0 fully saturated rings. The summed E-state index contributed by atoms with van der Waals surface area (Å²) in [6.45, 7) is 8.27. The standard InChI is InChI=1S/C15H21NO2S2/c1-4-16(5-2)15(19)20-11-12-7-9-13(10-8-12)14(17)18-6-3/h7-10H,4-6,11H2,1-3H3. The Morgan fingerprint density at radius 1 is 1.20 bits per heavy atom. The van der Waals surface area contributed by atoms with E-state index in [2.05, 4.69) is 18.7 Å². The van der Waals surface area contributed by atoms with Crippen LogP contribution in [0.25, 0.3) is 0 Å². The number of nitrogens with zero attached hydrogens (tertiary/aromatic N) is 1. The van der Waals surface area contributed by atoms with Gasteiger partial charge in [-0.1, -0.05) is 36.1 Å². The van der Waals surface area contributed by atoms with Gasteiger partial charge in [-0.2, -0.15) is 0 Å². The molecule has 1 aromatic carbocycles. The van der Waals surface area contributed by atoms with Crippen molar-refractivity contribution in [3.8, 4) is 0 Å². The third-order valence-electron chi connectivity index (χ3n) is 2.85. The van der Waals surface area contributed by atoms with E-state index in [4.69, 9.17) is 17.0 Å². The lowest BCUT2D eigenvalue weighted by molar-refractivity contribution is 0.0526. The van der Waals surface area contributed by atoms with Gasteiger partial charge in [0.25, 0.3) is 0 Å². The Morgan fingerprint density at radius 2 is 1.80 bits per heavy atom. The van der Waals surface area contributed by atoms with Crippen LogP contribution in [-0.2, 0) is 10.5 Å². The summed E-state index contributed by atoms with van der Waals surface area (Å²) in [5, 5.41) is 0. The highest BCUT2D eigenvalue weighted by Crippen LogP contribution is 2.17. The first-order valence-electron chi connectivity index (χ1n) is 6.80. The van der Waals surface area contributed by atoms with Crippen LogP contribution in [0.2, 0.25) is 0 Å². The second-order valence-electron chi connectivity index (χ2n) is 4.14. The van der Waals surface area contributed by atoms with Crippen molar-refractivity contribution in [2.45, 2.75) is 26.5 Å². The number of hydrogen-bond acceptors (Lipinski definition) is 4. The molecule has 0 saturated heterocycles. The summed E-state index contributed by atoms with van der Waals surface area (Å²) in [6.07, 6.45) is 0. The van der Waals surface area contributed by atoms with Crippen LogP contribution in [0.15, 0.2) is 24.3 Å². The van der Waals surface area contributed by atoms with Gasteiger partial charge in [0, 0.05) is 18.8 Å². The van der Waals surface area contributed by atoms with Gasteiger partial charge in [-0.25, -0.2) is 4.79 Å². The van der Waals surface area contributed by atoms with Crippen LogP contribution >= 0.6 is 24.0 Å². The Morgan fingerprint density at radius 3 is 2.30 bits per heavy atom. The van der Waals surface area contributed by atoms with Crippen molar-refractivity contribution in [1.29, 1.82) is 0 Å². The second-order valence-corrected chi connectivity index (χ2v) is 5.75. The highest BCUT2D eigenvalue weighted by atomic mass is 32.2. The number of thioether (sulfide) groups is 1. The predicted molar refractivity (Wildman–Crippen MR) is 89.2 cm³/mol. The first kappa shape index (κ1) is 17.0. The zero-order chi connectivity index (χ0) is 15.0. The zero-order valence-electron chi connectivity index (χ0n) is 12.2. The lowest BCUT2D eigenvalue weighted by Crippen LogP contribution is -2.26. The molecule has 0 aliphatic rings. The average molecular weight is 311 g/mol. The second kappa shape index (κ2) is 8.97. The van der Waals surface area contributed by atoms with E-state index in [0.29, 0.717) is 12.2 Å². The van der Waals surface area contributed by atoms with E-state index in [-0.39, 0.29) is 5.97 Å². The monoisotopic (exact) mass is 311 g/mol. The minimum atomic E-state index is -0.273. The van der Waals surface area contributed by atoms with Gasteiger partial charge < -0.3 is 9.64 Å². The third kappa shape index (κ3) is 5.13. The molecular formula is C15H21NO2S2. The Labute approximate surface area is 130 Å². The van der Waals surface area contributed by atoms with Crippen molar-refractivity contribution < 1.29 is 9.53 Å². The van der Waals surface area contributed by atoms with Crippen LogP contribution in [0, 0.1) is 0 Å². The first-order chi connectivity index (χ1) is 9.62. The molecule has 0 aromatic heterocycles. The van der Waals surface area contributed by atoms with E-state index in [0.717, 1.165) is 28.7 Å². The van der Waals surface area contributed by atoms with E-state index in [1.54, 1.807) is 30.8 Å². The van der Waals surface area contributed by atoms with Crippen molar-refractivity contribution in [2.24, 2.45) is 0 Å². The molecular weight excluding hydrogens is 290 g/mol. The predicted octanol–water partition coefficient (Wildman–Crippen LogP) is 3.72. The van der Waals surface area contributed by atoms with Crippen LogP contribution in [-0.4, -0.2) is 34.9 Å². The van der Waals surface area contributed by atoms with Gasteiger partial charge in [0.05, 0.1) is 12.2 Å². The molecule has 0 heterocycles. The fourth-order valence-corrected chi connectivity index (χ4v) is 3.03. The number of thiocarbonyl (C=S) groups is 1. The molecule has 0 unspecified atom stereocenters. The van der Waals surface area contributed by atoms with Crippen LogP contribution < -0.4 is 0 Å². The van der Waals surface area contributed by atoms with Gasteiger partial charge in [0.2, 0.25) is 0 Å². The van der Waals surface area contributed by atoms with Crippen molar-refractivity contribution >= 4 is 34.3 Å². The lowest BCUT2D eigenvalue weighted by Gasteiger charge is -2.20. The summed E-state index contributed by atoms with van der Waals surface area (Å²) < 4.78 is 5.88. The van der Waals surface area contributed by atoms with E-state index in [9.17, 15) is 4.79 Å². The molecule has 0 bridgehead atoms. The Hall–Kier alpha value is -1.07. The van der Waals surface area contributed by atoms with Gasteiger partial charge in [0.1, 0.15) is 4.32 Å². The van der Waals surface area contributed by atoms with Gasteiger partial charge in [-0.3, -0.25) is 0 Å². The van der Waals surface area contributed by atoms with Gasteiger partial charge in [-0.05, 0) is 38.5 Å². The quantitative estimate of drug-likeness (QED) is 0.590. The summed E-state index contributed by atoms with van der Waals surface area (Å²) in [4.78, 5) is 13.7. The molecule has 5 heteroatoms. The number of rotatable bonds is 6. The third-order valence-corrected chi connectivity index (χ3v) is 4.44. The van der Waals surface area contributed by atoms with Crippen LogP contribution in [0.1, 0.15) is 36.7 Å². The summed E-state index contributed by atoms with van der Waals surface area (Å²) in [6, 6.07) is 7.50. The molecule has 1 aromatic rings. The lowest BCUT2D eigenvalue weighted by atomic mass is 10.1. The van der Waals surface area contributed by atoms with Gasteiger partial charge in [-0.15, -0.1) is 0 Å². The van der Waals surface area contributed by atoms with Crippen LogP contribution in [0.3, 0.4) is 0 Å². The number of ether oxygens (including phenoxy) is 1. The van der Waals surface area contributed by atoms with E-state index < -0.39 is 0 Å². The molecule has 0 aliphatic carbocycles. The Kier molecular flexibility index (Phi) is 7.62. The summed E-state index contributed by atoms with van der Waals surface area (Å²) in [5.41, 5.74) is 1.74. The fourth-order valence-electron chi connectivity index (χ4n) is 1.67. The molecule has 110 valence electrons. The maximum Gasteiger partial charge on any atom is 0.338 e. The fraction of sp³-hybridized carbons (Fsp3) is 0.467. The maximum atomic E-state index is 11.5. The molecule has 0 aliphatic heterocycles. The molecule has 0 amide bonds. The molecule has 0 saturated carbocycles. The van der Waals surface area contributed by atoms with Gasteiger partial charge >= 0.3 is 5.97 Å². The van der Waals surface area contributed by atoms with Crippen LogP contribution in [0.4, 0.5) is 0 Å². The summed E-state index contributed by atoms with van der Waals surface area (Å²) in [7, 11) is 0. The summed E-state index contributed by atoms with van der Waals surface area (Å²) in [5.74, 6) is 0.545. The summed E-state index contributed by atoms with van der Waals surface area (Å²) >= 11 is 7.04. The molecule has 1 rings (SSSR count). The Balaban J connectivity index is 2.53. The highest BCUT2D eigenvalue weighted by Gasteiger charge is 2.08. The zero-order valence-corrected chi connectivity index (χ0v) is 13.9. The number of carbonyl (C=O) groups is 1. The molecule has 0 radical (unpaired) electrons. The maximum absolute atomic E-state index is 11.5. The largest absolute Gasteiger partial charge is 0.462 e. The van der Waals surface area contributed by atoms with E-state index >= 15 is 0 Å². The molecule has 3 nitrogen and oxygen atoms in total. The van der Waals surface area contributed by atoms with Crippen molar-refractivity contribution in [1.82, 2.24) is 4.90 Å². The van der Waals surface area contributed by atoms with Crippen molar-refractivity contribution in [3.05, 3.63) is 35.4 Å². The molecule has 0 atom stereocenters. The minimum absolute atomic E-state index is 0.273. The highest BCUT2D eigenvalue weighted by molar-refractivity contribution is 8.22. The Bertz CT molecular complexity index is 442. The number of hydrogen-bond donors (Lipinski definition) is 0. The first-order valence-corrected chi connectivity index (χ1v) is 8.19. The van der Waals surface area contributed by atoms with Crippen LogP contribution in [0.5, 0.6) is 0 Å². The minimum Gasteiger partial charge on any atom is -0.462 e. The molecule has 20 heavy (non-hydrogen) atoms. The van der Waals surface area contributed by atoms with Crippen molar-refractivity contribution in [3.63, 3.8) is 0 Å². The smallest absolute Gasteiger partial charge is 0.338 e. The van der Waals surface area contributed by atoms with E-state index in [1.165, 1.54) is 0 Å². The SMILES string of the molecule is CCOC(=O)c1ccc(CSC(=S)N(CC)CC)cc1. The van der Waals surface area contributed by atoms with Gasteiger partial charge in [0.15, 0.2) is 0 Å². The molecule has 0 spiro atoms. The van der Waals surface area contributed by atoms with Crippen molar-refractivity contribution in [2.75, 3.05) is 19.7 Å². The number of carbonyl (C=O) groups excluding carboxylic acids is 1. The average Bonchev–Trinajstić information content (AvgIpc) is 2.47.